The Kier molecular flexibility index (Phi) is 4.61. The molecular weight excluding hydrogens is 310 g/mol. The van der Waals surface area contributed by atoms with E-state index in [-0.39, 0.29) is 13.0 Å². The van der Waals surface area contributed by atoms with Gasteiger partial charge in [-0.1, -0.05) is 18.2 Å². The van der Waals surface area contributed by atoms with Crippen molar-refractivity contribution in [2.24, 2.45) is 0 Å². The summed E-state index contributed by atoms with van der Waals surface area (Å²) in [7, 11) is 0. The first-order valence-corrected chi connectivity index (χ1v) is 7.98. The molecule has 0 saturated heterocycles. The maximum Gasteiger partial charge on any atom is 0.292 e. The Morgan fingerprint density at radius 1 is 1.25 bits per heavy atom. The molecule has 7 heteroatoms. The van der Waals surface area contributed by atoms with Gasteiger partial charge in [-0.3, -0.25) is 19.6 Å². The number of nitrogens with zero attached hydrogens (tertiary/aromatic N) is 1. The lowest BCUT2D eigenvalue weighted by Gasteiger charge is -2.14. The third-order valence-corrected chi connectivity index (χ3v) is 4.27. The van der Waals surface area contributed by atoms with Crippen LogP contribution in [0.1, 0.15) is 35.2 Å². The number of amides is 2. The fraction of sp³-hybridized carbons (Fsp3) is 0.353. The Bertz CT molecular complexity index is 810. The SMILES string of the molecule is O=C(CCCNC(=O)C(=O)c1cn2c3c(cccc13)CCC2)NO. The van der Waals surface area contributed by atoms with Crippen LogP contribution >= 0.6 is 0 Å². The fourth-order valence-corrected chi connectivity index (χ4v) is 3.15. The van der Waals surface area contributed by atoms with E-state index in [0.29, 0.717) is 12.0 Å². The zero-order valence-corrected chi connectivity index (χ0v) is 13.2. The minimum absolute atomic E-state index is 0.0770. The molecular formula is C17H19N3O4. The molecule has 0 atom stereocenters. The van der Waals surface area contributed by atoms with Gasteiger partial charge in [-0.05, 0) is 24.8 Å². The van der Waals surface area contributed by atoms with Crippen LogP contribution in [-0.2, 0) is 22.6 Å². The highest BCUT2D eigenvalue weighted by Crippen LogP contribution is 2.29. The van der Waals surface area contributed by atoms with Gasteiger partial charge in [0.05, 0.1) is 11.1 Å². The summed E-state index contributed by atoms with van der Waals surface area (Å²) in [5.74, 6) is -1.77. The highest BCUT2D eigenvalue weighted by atomic mass is 16.5. The molecule has 24 heavy (non-hydrogen) atoms. The third-order valence-electron chi connectivity index (χ3n) is 4.27. The smallest absolute Gasteiger partial charge is 0.292 e. The number of ketones is 1. The largest absolute Gasteiger partial charge is 0.349 e. The van der Waals surface area contributed by atoms with Gasteiger partial charge in [0.2, 0.25) is 5.91 Å². The van der Waals surface area contributed by atoms with Crippen LogP contribution in [0.15, 0.2) is 24.4 Å². The molecule has 1 aliphatic heterocycles. The van der Waals surface area contributed by atoms with Gasteiger partial charge < -0.3 is 9.88 Å². The van der Waals surface area contributed by atoms with E-state index in [4.69, 9.17) is 5.21 Å². The van der Waals surface area contributed by atoms with Gasteiger partial charge in [-0.25, -0.2) is 5.48 Å². The number of carbonyl (C=O) groups is 3. The molecule has 0 aliphatic carbocycles. The lowest BCUT2D eigenvalue weighted by molar-refractivity contribution is -0.129. The van der Waals surface area contributed by atoms with Crippen molar-refractivity contribution in [1.82, 2.24) is 15.4 Å². The van der Waals surface area contributed by atoms with Crippen LogP contribution < -0.4 is 10.8 Å². The highest BCUT2D eigenvalue weighted by Gasteiger charge is 2.23. The summed E-state index contributed by atoms with van der Waals surface area (Å²) in [6, 6.07) is 5.83. The number of Topliss-reactive ketones (excluding diaryl/α,β-unsaturated/α-hetero) is 1. The third kappa shape index (κ3) is 3.03. The van der Waals surface area contributed by atoms with Crippen LogP contribution in [0.5, 0.6) is 0 Å². The number of hydroxylamine groups is 1. The molecule has 0 fully saturated rings. The van der Waals surface area contributed by atoms with Crippen molar-refractivity contribution >= 4 is 28.5 Å². The van der Waals surface area contributed by atoms with Crippen molar-refractivity contribution in [3.63, 3.8) is 0 Å². The molecule has 0 saturated carbocycles. The molecule has 2 aromatic rings. The van der Waals surface area contributed by atoms with Crippen LogP contribution in [0.4, 0.5) is 0 Å². The molecule has 3 N–H and O–H groups in total. The molecule has 7 nitrogen and oxygen atoms in total. The van der Waals surface area contributed by atoms with E-state index < -0.39 is 17.6 Å². The van der Waals surface area contributed by atoms with Crippen molar-refractivity contribution < 1.29 is 19.6 Å². The molecule has 1 aromatic carbocycles. The van der Waals surface area contributed by atoms with Crippen molar-refractivity contribution in [1.29, 1.82) is 0 Å². The van der Waals surface area contributed by atoms with E-state index in [1.165, 1.54) is 11.0 Å². The molecule has 2 heterocycles. The summed E-state index contributed by atoms with van der Waals surface area (Å²) in [5, 5.41) is 11.7. The first kappa shape index (κ1) is 16.2. The molecule has 1 aliphatic rings. The minimum atomic E-state index is -0.678. The molecule has 0 bridgehead atoms. The van der Waals surface area contributed by atoms with Crippen molar-refractivity contribution in [3.05, 3.63) is 35.5 Å². The van der Waals surface area contributed by atoms with Crippen molar-refractivity contribution in [2.75, 3.05) is 6.54 Å². The number of aryl methyl sites for hydroxylation is 2. The topological polar surface area (TPSA) is 100 Å². The number of hydrogen-bond acceptors (Lipinski definition) is 4. The monoisotopic (exact) mass is 329 g/mol. The number of para-hydroxylation sites is 1. The standard InChI is InChI=1S/C17H19N3O4/c21-14(19-24)7-2-8-18-17(23)16(22)13-10-20-9-3-5-11-4-1-6-12(13)15(11)20/h1,4,6,10,24H,2-3,5,7-9H2,(H,18,23)(H,19,21). The van der Waals surface area contributed by atoms with E-state index in [2.05, 4.69) is 11.4 Å². The molecule has 0 radical (unpaired) electrons. The minimum Gasteiger partial charge on any atom is -0.349 e. The van der Waals surface area contributed by atoms with Crippen LogP contribution in [0, 0.1) is 0 Å². The van der Waals surface area contributed by atoms with E-state index in [9.17, 15) is 14.4 Å². The summed E-state index contributed by atoms with van der Waals surface area (Å²) < 4.78 is 2.04. The van der Waals surface area contributed by atoms with Gasteiger partial charge in [0.15, 0.2) is 0 Å². The van der Waals surface area contributed by atoms with Crippen LogP contribution in [-0.4, -0.2) is 33.9 Å². The molecule has 0 unspecified atom stereocenters. The second-order valence-electron chi connectivity index (χ2n) is 5.88. The Morgan fingerprint density at radius 3 is 2.88 bits per heavy atom. The summed E-state index contributed by atoms with van der Waals surface area (Å²) in [5.41, 5.74) is 4.18. The zero-order valence-electron chi connectivity index (χ0n) is 13.2. The van der Waals surface area contributed by atoms with Crippen LogP contribution in [0.25, 0.3) is 10.9 Å². The molecule has 126 valence electrons. The fourth-order valence-electron chi connectivity index (χ4n) is 3.15. The van der Waals surface area contributed by atoms with Crippen LogP contribution in [0.2, 0.25) is 0 Å². The van der Waals surface area contributed by atoms with E-state index in [0.717, 1.165) is 30.3 Å². The van der Waals surface area contributed by atoms with Gasteiger partial charge >= 0.3 is 0 Å². The average molecular weight is 329 g/mol. The summed E-state index contributed by atoms with van der Waals surface area (Å²) in [6.45, 7) is 1.04. The van der Waals surface area contributed by atoms with Crippen molar-refractivity contribution in [3.8, 4) is 0 Å². The van der Waals surface area contributed by atoms with E-state index in [1.54, 1.807) is 6.20 Å². The van der Waals surface area contributed by atoms with E-state index in [1.807, 2.05) is 16.7 Å². The summed E-state index contributed by atoms with van der Waals surface area (Å²) >= 11 is 0. The van der Waals surface area contributed by atoms with Gasteiger partial charge in [-0.15, -0.1) is 0 Å². The van der Waals surface area contributed by atoms with E-state index >= 15 is 0 Å². The van der Waals surface area contributed by atoms with Crippen molar-refractivity contribution in [2.45, 2.75) is 32.2 Å². The van der Waals surface area contributed by atoms with Crippen LogP contribution in [0.3, 0.4) is 0 Å². The van der Waals surface area contributed by atoms with Gasteiger partial charge in [0, 0.05) is 31.1 Å². The highest BCUT2D eigenvalue weighted by molar-refractivity contribution is 6.45. The summed E-state index contributed by atoms with van der Waals surface area (Å²) in [4.78, 5) is 35.4. The quantitative estimate of drug-likeness (QED) is 0.243. The first-order chi connectivity index (χ1) is 11.6. The lowest BCUT2D eigenvalue weighted by Crippen LogP contribution is -2.32. The predicted octanol–water partition coefficient (Wildman–Crippen LogP) is 1.17. The average Bonchev–Trinajstić information content (AvgIpc) is 2.98. The number of hydrogen-bond donors (Lipinski definition) is 3. The number of aromatic nitrogens is 1. The molecule has 3 rings (SSSR count). The molecule has 2 amide bonds. The number of rotatable bonds is 6. The maximum absolute atomic E-state index is 12.5. The second kappa shape index (κ2) is 6.84. The molecule has 0 spiro atoms. The number of carbonyl (C=O) groups excluding carboxylic acids is 3. The predicted molar refractivity (Wildman–Crippen MR) is 86.8 cm³/mol. The Morgan fingerprint density at radius 2 is 2.08 bits per heavy atom. The summed E-state index contributed by atoms with van der Waals surface area (Å²) in [6.07, 6.45) is 4.18. The second-order valence-corrected chi connectivity index (χ2v) is 5.88. The lowest BCUT2D eigenvalue weighted by atomic mass is 10.0. The molecule has 1 aromatic heterocycles. The first-order valence-electron chi connectivity index (χ1n) is 7.98. The Labute approximate surface area is 138 Å². The van der Waals surface area contributed by atoms with Gasteiger partial charge in [-0.2, -0.15) is 0 Å². The Balaban J connectivity index is 1.72. The van der Waals surface area contributed by atoms with Gasteiger partial charge in [0.25, 0.3) is 11.7 Å². The number of benzene rings is 1. The Hall–Kier alpha value is -2.67. The van der Waals surface area contributed by atoms with Gasteiger partial charge in [0.1, 0.15) is 0 Å². The normalized spacial score (nSPS) is 12.9. The maximum atomic E-state index is 12.5. The number of nitrogens with one attached hydrogen (secondary N) is 2. The zero-order chi connectivity index (χ0) is 17.1.